The number of ether oxygens (including phenoxy) is 1. The van der Waals surface area contributed by atoms with Crippen LogP contribution in [-0.2, 0) is 11.3 Å². The molecule has 0 unspecified atom stereocenters. The van der Waals surface area contributed by atoms with Crippen LogP contribution >= 0.6 is 0 Å². The first-order chi connectivity index (χ1) is 11.7. The number of carbonyl (C=O) groups excluding carboxylic acids is 1. The molecule has 4 heterocycles. The average molecular weight is 322 g/mol. The van der Waals surface area contributed by atoms with Crippen molar-refractivity contribution in [3.63, 3.8) is 0 Å². The predicted octanol–water partition coefficient (Wildman–Crippen LogP) is 2.21. The van der Waals surface area contributed by atoms with Crippen LogP contribution in [0.5, 0.6) is 0 Å². The summed E-state index contributed by atoms with van der Waals surface area (Å²) in [7, 11) is 0. The molecule has 120 valence electrons. The Kier molecular flexibility index (Phi) is 3.42. The summed E-state index contributed by atoms with van der Waals surface area (Å²) in [6.45, 7) is 2.74. The standard InChI is InChI=1S/C16H14N6O2/c1-2-24-16(23)12-4-11-14(21-12)19-8-20-15(11)22-13-3-9-5-17-6-10(9)7-18-13/h3-5,7-8H,2,6H2,1H3,(H2,18,19,20,21,22). The number of hydrogen-bond acceptors (Lipinski definition) is 7. The fourth-order valence-corrected chi connectivity index (χ4v) is 2.54. The fraction of sp³-hybridized carbons (Fsp3) is 0.188. The summed E-state index contributed by atoms with van der Waals surface area (Å²) >= 11 is 0. The van der Waals surface area contributed by atoms with Crippen LogP contribution < -0.4 is 5.32 Å². The van der Waals surface area contributed by atoms with E-state index in [1.54, 1.807) is 19.2 Å². The number of anilines is 2. The Morgan fingerprint density at radius 2 is 2.25 bits per heavy atom. The number of rotatable bonds is 4. The lowest BCUT2D eigenvalue weighted by Crippen LogP contribution is -2.04. The zero-order valence-electron chi connectivity index (χ0n) is 12.9. The van der Waals surface area contributed by atoms with Crippen LogP contribution in [0.3, 0.4) is 0 Å². The van der Waals surface area contributed by atoms with E-state index in [-0.39, 0.29) is 0 Å². The third kappa shape index (κ3) is 2.47. The van der Waals surface area contributed by atoms with Gasteiger partial charge in [-0.05, 0) is 19.1 Å². The normalized spacial score (nSPS) is 12.4. The molecule has 0 aliphatic carbocycles. The number of hydrogen-bond donors (Lipinski definition) is 2. The van der Waals surface area contributed by atoms with Gasteiger partial charge in [0.2, 0.25) is 0 Å². The first-order valence-electron chi connectivity index (χ1n) is 7.51. The van der Waals surface area contributed by atoms with Crippen LogP contribution in [-0.4, -0.2) is 38.7 Å². The monoisotopic (exact) mass is 322 g/mol. The molecule has 8 heteroatoms. The fourth-order valence-electron chi connectivity index (χ4n) is 2.54. The highest BCUT2D eigenvalue weighted by molar-refractivity contribution is 5.98. The number of aliphatic imine (C=N–C) groups is 1. The highest BCUT2D eigenvalue weighted by Gasteiger charge is 2.15. The van der Waals surface area contributed by atoms with Gasteiger partial charge in [-0.3, -0.25) is 4.99 Å². The van der Waals surface area contributed by atoms with Gasteiger partial charge in [0.25, 0.3) is 0 Å². The molecule has 0 bridgehead atoms. The molecular formula is C16H14N6O2. The number of aromatic nitrogens is 4. The second kappa shape index (κ2) is 5.73. The van der Waals surface area contributed by atoms with Gasteiger partial charge in [0.15, 0.2) is 0 Å². The smallest absolute Gasteiger partial charge is 0.354 e. The molecule has 0 aromatic carbocycles. The number of fused-ring (bicyclic) bond motifs is 2. The molecule has 24 heavy (non-hydrogen) atoms. The summed E-state index contributed by atoms with van der Waals surface area (Å²) in [6.07, 6.45) is 5.04. The maximum absolute atomic E-state index is 11.9. The van der Waals surface area contributed by atoms with Crippen molar-refractivity contribution < 1.29 is 9.53 Å². The zero-order chi connectivity index (χ0) is 16.5. The molecule has 0 saturated heterocycles. The summed E-state index contributed by atoms with van der Waals surface area (Å²) in [4.78, 5) is 31.8. The van der Waals surface area contributed by atoms with Crippen LogP contribution in [0.2, 0.25) is 0 Å². The molecular weight excluding hydrogens is 308 g/mol. The Balaban J connectivity index is 1.69. The van der Waals surface area contributed by atoms with Gasteiger partial charge in [0.05, 0.1) is 18.5 Å². The highest BCUT2D eigenvalue weighted by atomic mass is 16.5. The van der Waals surface area contributed by atoms with E-state index >= 15 is 0 Å². The van der Waals surface area contributed by atoms with Crippen molar-refractivity contribution in [2.45, 2.75) is 13.5 Å². The summed E-state index contributed by atoms with van der Waals surface area (Å²) in [6, 6.07) is 3.59. The Bertz CT molecular complexity index is 962. The van der Waals surface area contributed by atoms with Gasteiger partial charge in [-0.1, -0.05) is 0 Å². The largest absolute Gasteiger partial charge is 0.461 e. The third-order valence-corrected chi connectivity index (χ3v) is 3.68. The van der Waals surface area contributed by atoms with E-state index in [9.17, 15) is 4.79 Å². The zero-order valence-corrected chi connectivity index (χ0v) is 12.9. The summed E-state index contributed by atoms with van der Waals surface area (Å²) < 4.78 is 5.00. The van der Waals surface area contributed by atoms with Crippen molar-refractivity contribution in [2.24, 2.45) is 4.99 Å². The van der Waals surface area contributed by atoms with E-state index in [0.29, 0.717) is 41.5 Å². The van der Waals surface area contributed by atoms with Gasteiger partial charge < -0.3 is 15.0 Å². The van der Waals surface area contributed by atoms with Crippen LogP contribution in [0.4, 0.5) is 11.6 Å². The molecule has 2 N–H and O–H groups in total. The van der Waals surface area contributed by atoms with E-state index in [4.69, 9.17) is 4.74 Å². The van der Waals surface area contributed by atoms with E-state index in [1.165, 1.54) is 6.33 Å². The van der Waals surface area contributed by atoms with Crippen molar-refractivity contribution in [1.29, 1.82) is 0 Å². The van der Waals surface area contributed by atoms with Gasteiger partial charge in [0, 0.05) is 23.5 Å². The lowest BCUT2D eigenvalue weighted by atomic mass is 10.2. The van der Waals surface area contributed by atoms with Crippen LogP contribution in [0.1, 0.15) is 28.5 Å². The topological polar surface area (TPSA) is 105 Å². The number of nitrogens with zero attached hydrogens (tertiary/aromatic N) is 4. The van der Waals surface area contributed by atoms with Crippen LogP contribution in [0.15, 0.2) is 29.6 Å². The van der Waals surface area contributed by atoms with Crippen molar-refractivity contribution in [1.82, 2.24) is 19.9 Å². The molecule has 3 aromatic heterocycles. The second-order valence-electron chi connectivity index (χ2n) is 5.25. The van der Waals surface area contributed by atoms with E-state index in [1.807, 2.05) is 12.3 Å². The Morgan fingerprint density at radius 1 is 1.33 bits per heavy atom. The third-order valence-electron chi connectivity index (χ3n) is 3.68. The highest BCUT2D eigenvalue weighted by Crippen LogP contribution is 2.25. The molecule has 0 atom stereocenters. The van der Waals surface area contributed by atoms with E-state index < -0.39 is 5.97 Å². The molecule has 0 amide bonds. The molecule has 8 nitrogen and oxygen atoms in total. The van der Waals surface area contributed by atoms with Crippen molar-refractivity contribution in [2.75, 3.05) is 11.9 Å². The number of H-pyrrole nitrogens is 1. The minimum atomic E-state index is -0.423. The first-order valence-corrected chi connectivity index (χ1v) is 7.51. The first kappa shape index (κ1) is 14.3. The quantitative estimate of drug-likeness (QED) is 0.713. The van der Waals surface area contributed by atoms with Crippen molar-refractivity contribution in [3.8, 4) is 0 Å². The van der Waals surface area contributed by atoms with Gasteiger partial charge in [0.1, 0.15) is 29.3 Å². The maximum Gasteiger partial charge on any atom is 0.354 e. The number of nitrogens with one attached hydrogen (secondary N) is 2. The molecule has 0 radical (unpaired) electrons. The van der Waals surface area contributed by atoms with Crippen molar-refractivity contribution in [3.05, 3.63) is 41.5 Å². The molecule has 4 rings (SSSR count). The summed E-state index contributed by atoms with van der Waals surface area (Å²) in [5.74, 6) is 0.795. The minimum absolute atomic E-state index is 0.311. The van der Waals surface area contributed by atoms with E-state index in [2.05, 4.69) is 30.2 Å². The van der Waals surface area contributed by atoms with Gasteiger partial charge in [-0.2, -0.15) is 0 Å². The number of aromatic amines is 1. The number of esters is 1. The SMILES string of the molecule is CCOC(=O)c1cc2c(Nc3cc4c(cn3)CN=C4)ncnc2[nH]1. The lowest BCUT2D eigenvalue weighted by Gasteiger charge is -2.06. The lowest BCUT2D eigenvalue weighted by molar-refractivity contribution is 0.0520. The Hall–Kier alpha value is -3.29. The number of carbonyl (C=O) groups is 1. The van der Waals surface area contributed by atoms with Gasteiger partial charge in [-0.25, -0.2) is 19.7 Å². The minimum Gasteiger partial charge on any atom is -0.461 e. The summed E-state index contributed by atoms with van der Waals surface area (Å²) in [5.41, 5.74) is 3.03. The predicted molar refractivity (Wildman–Crippen MR) is 88.7 cm³/mol. The second-order valence-corrected chi connectivity index (χ2v) is 5.25. The molecule has 0 saturated carbocycles. The Labute approximate surface area is 137 Å². The van der Waals surface area contributed by atoms with E-state index in [0.717, 1.165) is 11.1 Å². The van der Waals surface area contributed by atoms with Gasteiger partial charge >= 0.3 is 5.97 Å². The molecule has 0 spiro atoms. The summed E-state index contributed by atoms with van der Waals surface area (Å²) in [5, 5.41) is 3.86. The average Bonchev–Trinajstić information content (AvgIpc) is 3.21. The number of pyridine rings is 1. The maximum atomic E-state index is 11.9. The molecule has 1 aliphatic heterocycles. The van der Waals surface area contributed by atoms with Crippen LogP contribution in [0, 0.1) is 0 Å². The Morgan fingerprint density at radius 3 is 3.12 bits per heavy atom. The van der Waals surface area contributed by atoms with Crippen LogP contribution in [0.25, 0.3) is 11.0 Å². The van der Waals surface area contributed by atoms with Gasteiger partial charge in [-0.15, -0.1) is 0 Å². The molecule has 0 fully saturated rings. The molecule has 1 aliphatic rings. The van der Waals surface area contributed by atoms with Crippen molar-refractivity contribution >= 4 is 34.9 Å². The molecule has 3 aromatic rings.